The Bertz CT molecular complexity index is 460. The Hall–Kier alpha value is -1.59. The van der Waals surface area contributed by atoms with Crippen molar-refractivity contribution in [2.75, 3.05) is 31.0 Å². The maximum atomic E-state index is 11.9. The molecule has 5 heteroatoms. The third-order valence-corrected chi connectivity index (χ3v) is 3.52. The van der Waals surface area contributed by atoms with Crippen LogP contribution in [0.1, 0.15) is 19.8 Å². The van der Waals surface area contributed by atoms with Gasteiger partial charge in [0.2, 0.25) is 5.91 Å². The number of hydrogen-bond acceptors (Lipinski definition) is 4. The van der Waals surface area contributed by atoms with E-state index in [9.17, 15) is 4.79 Å². The molecule has 0 bridgehead atoms. The first kappa shape index (κ1) is 14.8. The minimum Gasteiger partial charge on any atom is -0.376 e. The second-order valence-corrected chi connectivity index (χ2v) is 4.94. The topological polar surface area (TPSA) is 50.8 Å². The van der Waals surface area contributed by atoms with E-state index in [1.54, 1.807) is 14.2 Å². The monoisotopic (exact) mass is 278 g/mol. The smallest absolute Gasteiger partial charge is 0.227 e. The molecule has 110 valence electrons. The highest BCUT2D eigenvalue weighted by Crippen LogP contribution is 2.30. The van der Waals surface area contributed by atoms with E-state index < -0.39 is 0 Å². The first-order valence-corrected chi connectivity index (χ1v) is 6.89. The quantitative estimate of drug-likeness (QED) is 0.811. The Morgan fingerprint density at radius 1 is 1.25 bits per heavy atom. The number of amides is 1. The van der Waals surface area contributed by atoms with Gasteiger partial charge in [-0.15, -0.1) is 0 Å². The lowest BCUT2D eigenvalue weighted by atomic mass is 10.2. The lowest BCUT2D eigenvalue weighted by molar-refractivity contribution is -0.117. The van der Waals surface area contributed by atoms with Crippen molar-refractivity contribution in [3.05, 3.63) is 24.3 Å². The van der Waals surface area contributed by atoms with Crippen molar-refractivity contribution in [3.63, 3.8) is 0 Å². The van der Waals surface area contributed by atoms with Crippen LogP contribution in [-0.2, 0) is 14.3 Å². The summed E-state index contributed by atoms with van der Waals surface area (Å²) >= 11 is 0. The fourth-order valence-electron chi connectivity index (χ4n) is 2.55. The molecule has 20 heavy (non-hydrogen) atoms. The molecule has 1 amide bonds. The van der Waals surface area contributed by atoms with Gasteiger partial charge in [-0.3, -0.25) is 4.79 Å². The van der Waals surface area contributed by atoms with Crippen molar-refractivity contribution in [1.82, 2.24) is 0 Å². The average Bonchev–Trinajstić information content (AvgIpc) is 2.87. The van der Waals surface area contributed by atoms with Crippen LogP contribution in [0.25, 0.3) is 0 Å². The molecular formula is C15H22N2O3. The van der Waals surface area contributed by atoms with E-state index in [-0.39, 0.29) is 18.2 Å². The molecule has 0 saturated carbocycles. The number of carbonyl (C=O) groups is 1. The minimum atomic E-state index is -0.336. The normalized spacial score (nSPS) is 16.8. The lowest BCUT2D eigenvalue weighted by Crippen LogP contribution is -2.34. The Balaban J connectivity index is 2.17. The van der Waals surface area contributed by atoms with Crippen molar-refractivity contribution in [2.45, 2.75) is 32.1 Å². The van der Waals surface area contributed by atoms with Gasteiger partial charge in [-0.2, -0.15) is 0 Å². The maximum Gasteiger partial charge on any atom is 0.227 e. The van der Waals surface area contributed by atoms with Crippen molar-refractivity contribution >= 4 is 17.3 Å². The molecule has 0 spiro atoms. The summed E-state index contributed by atoms with van der Waals surface area (Å²) in [6, 6.07) is 7.81. The van der Waals surface area contributed by atoms with Crippen molar-refractivity contribution < 1.29 is 14.3 Å². The highest BCUT2D eigenvalue weighted by atomic mass is 16.7. The summed E-state index contributed by atoms with van der Waals surface area (Å²) < 4.78 is 10.5. The summed E-state index contributed by atoms with van der Waals surface area (Å²) in [5.41, 5.74) is 1.85. The van der Waals surface area contributed by atoms with Crippen LogP contribution >= 0.6 is 0 Å². The highest BCUT2D eigenvalue weighted by Gasteiger charge is 2.25. The van der Waals surface area contributed by atoms with Crippen LogP contribution in [0.4, 0.5) is 11.4 Å². The number of ether oxygens (including phenoxy) is 2. The molecule has 2 rings (SSSR count). The van der Waals surface area contributed by atoms with Gasteiger partial charge in [0, 0.05) is 27.2 Å². The van der Waals surface area contributed by atoms with E-state index in [4.69, 9.17) is 9.47 Å². The summed E-state index contributed by atoms with van der Waals surface area (Å²) in [6.45, 7) is 2.77. The first-order valence-electron chi connectivity index (χ1n) is 6.89. The van der Waals surface area contributed by atoms with Crippen LogP contribution in [0.3, 0.4) is 0 Å². The number of nitrogens with zero attached hydrogens (tertiary/aromatic N) is 1. The van der Waals surface area contributed by atoms with Gasteiger partial charge in [0.05, 0.1) is 17.4 Å². The molecule has 1 N–H and O–H groups in total. The zero-order chi connectivity index (χ0) is 14.5. The fourth-order valence-corrected chi connectivity index (χ4v) is 2.55. The Morgan fingerprint density at radius 3 is 2.55 bits per heavy atom. The molecule has 1 aliphatic heterocycles. The summed E-state index contributed by atoms with van der Waals surface area (Å²) in [4.78, 5) is 13.7. The number of benzene rings is 1. The number of methoxy groups -OCH3 is 2. The third-order valence-electron chi connectivity index (χ3n) is 3.52. The Morgan fingerprint density at radius 2 is 1.95 bits per heavy atom. The van der Waals surface area contributed by atoms with Gasteiger partial charge in [0.15, 0.2) is 6.29 Å². The summed E-state index contributed by atoms with van der Waals surface area (Å²) in [5.74, 6) is 0.182. The lowest BCUT2D eigenvalue weighted by Gasteiger charge is -2.26. The number of anilines is 2. The van der Waals surface area contributed by atoms with E-state index in [1.807, 2.05) is 36.1 Å². The highest BCUT2D eigenvalue weighted by molar-refractivity contribution is 5.98. The molecular weight excluding hydrogens is 256 g/mol. The SMILES string of the molecule is COC(OC)C(C)Nc1ccccc1N1CCCC1=O. The van der Waals surface area contributed by atoms with Crippen LogP contribution in [0.15, 0.2) is 24.3 Å². The van der Waals surface area contributed by atoms with E-state index in [1.165, 1.54) is 0 Å². The Labute approximate surface area is 119 Å². The number of carbonyl (C=O) groups excluding carboxylic acids is 1. The van der Waals surface area contributed by atoms with Crippen molar-refractivity contribution in [2.24, 2.45) is 0 Å². The number of rotatable bonds is 6. The van der Waals surface area contributed by atoms with Gasteiger partial charge in [-0.05, 0) is 25.5 Å². The predicted molar refractivity (Wildman–Crippen MR) is 78.9 cm³/mol. The molecule has 1 fully saturated rings. The summed E-state index contributed by atoms with van der Waals surface area (Å²) in [5, 5.41) is 3.37. The number of nitrogens with one attached hydrogen (secondary N) is 1. The van der Waals surface area contributed by atoms with E-state index in [0.717, 1.165) is 24.3 Å². The van der Waals surface area contributed by atoms with Crippen LogP contribution < -0.4 is 10.2 Å². The summed E-state index contributed by atoms with van der Waals surface area (Å²) in [6.07, 6.45) is 1.21. The van der Waals surface area contributed by atoms with Crippen molar-refractivity contribution in [3.8, 4) is 0 Å². The van der Waals surface area contributed by atoms with Gasteiger partial charge < -0.3 is 19.7 Å². The third kappa shape index (κ3) is 3.11. The van der Waals surface area contributed by atoms with Gasteiger partial charge in [0.1, 0.15) is 0 Å². The maximum absolute atomic E-state index is 11.9. The second kappa shape index (κ2) is 6.72. The van der Waals surface area contributed by atoms with Gasteiger partial charge >= 0.3 is 0 Å². The van der Waals surface area contributed by atoms with Crippen LogP contribution in [-0.4, -0.2) is 39.0 Å². The molecule has 1 saturated heterocycles. The standard InChI is InChI=1S/C15H22N2O3/c1-11(15(19-2)20-3)16-12-7-4-5-8-13(12)17-10-6-9-14(17)18/h4-5,7-8,11,15-16H,6,9-10H2,1-3H3. The zero-order valence-electron chi connectivity index (χ0n) is 12.3. The Kier molecular flexibility index (Phi) is 4.98. The second-order valence-electron chi connectivity index (χ2n) is 4.94. The van der Waals surface area contributed by atoms with E-state index >= 15 is 0 Å². The number of para-hydroxylation sites is 2. The number of hydrogen-bond donors (Lipinski definition) is 1. The molecule has 0 aromatic heterocycles. The largest absolute Gasteiger partial charge is 0.376 e. The van der Waals surface area contributed by atoms with Crippen LogP contribution in [0.2, 0.25) is 0 Å². The molecule has 0 aliphatic carbocycles. The fraction of sp³-hybridized carbons (Fsp3) is 0.533. The van der Waals surface area contributed by atoms with Crippen LogP contribution in [0.5, 0.6) is 0 Å². The summed E-state index contributed by atoms with van der Waals surface area (Å²) in [7, 11) is 3.23. The molecule has 0 radical (unpaired) electrons. The zero-order valence-corrected chi connectivity index (χ0v) is 12.3. The van der Waals surface area contributed by atoms with Gasteiger partial charge in [0.25, 0.3) is 0 Å². The van der Waals surface area contributed by atoms with E-state index in [2.05, 4.69) is 5.32 Å². The first-order chi connectivity index (χ1) is 9.67. The predicted octanol–water partition coefficient (Wildman–Crippen LogP) is 2.23. The molecule has 1 aromatic rings. The van der Waals surface area contributed by atoms with Crippen molar-refractivity contribution in [1.29, 1.82) is 0 Å². The molecule has 1 aromatic carbocycles. The van der Waals surface area contributed by atoms with Crippen LogP contribution in [0, 0.1) is 0 Å². The van der Waals surface area contributed by atoms with Gasteiger partial charge in [-0.1, -0.05) is 12.1 Å². The minimum absolute atomic E-state index is 0.0242. The molecule has 5 nitrogen and oxygen atoms in total. The van der Waals surface area contributed by atoms with Gasteiger partial charge in [-0.25, -0.2) is 0 Å². The van der Waals surface area contributed by atoms with E-state index in [0.29, 0.717) is 6.42 Å². The molecule has 1 heterocycles. The molecule has 1 atom stereocenters. The molecule has 1 aliphatic rings. The molecule has 1 unspecified atom stereocenters. The average molecular weight is 278 g/mol.